The maximum atomic E-state index is 5.80. The van der Waals surface area contributed by atoms with Crippen LogP contribution < -0.4 is 22.1 Å². The van der Waals surface area contributed by atoms with Crippen LogP contribution in [0.1, 0.15) is 129 Å². The van der Waals surface area contributed by atoms with Crippen molar-refractivity contribution in [2.45, 2.75) is 160 Å². The molecule has 6 atom stereocenters. The van der Waals surface area contributed by atoms with Crippen LogP contribution in [0.4, 0.5) is 0 Å². The monoisotopic (exact) mass is 705 g/mol. The molecule has 4 aromatic carbocycles. The lowest BCUT2D eigenvalue weighted by Crippen LogP contribution is -2.19. The van der Waals surface area contributed by atoms with E-state index in [4.69, 9.17) is 11.5 Å². The van der Waals surface area contributed by atoms with E-state index in [2.05, 4.69) is 170 Å². The molecule has 6 N–H and O–H groups in total. The number of rotatable bonds is 6. The fourth-order valence-corrected chi connectivity index (χ4v) is 8.19. The normalized spacial score (nSPS) is 19.6. The highest BCUT2D eigenvalue weighted by atomic mass is 15.1. The molecule has 2 aliphatic heterocycles. The number of hydrogen-bond donors (Lipinski definition) is 4. The zero-order chi connectivity index (χ0) is 39.2. The van der Waals surface area contributed by atoms with Crippen molar-refractivity contribution in [3.63, 3.8) is 0 Å². The lowest BCUT2D eigenvalue weighted by Gasteiger charge is -2.13. The van der Waals surface area contributed by atoms with E-state index in [1.807, 2.05) is 0 Å². The predicted octanol–water partition coefficient (Wildman–Crippen LogP) is 10.3. The predicted molar refractivity (Wildman–Crippen MR) is 228 cm³/mol. The van der Waals surface area contributed by atoms with Gasteiger partial charge in [-0.2, -0.15) is 0 Å². The van der Waals surface area contributed by atoms with E-state index >= 15 is 0 Å². The zero-order valence-corrected chi connectivity index (χ0v) is 35.7. The van der Waals surface area contributed by atoms with Crippen LogP contribution in [0, 0.1) is 83.1 Å². The van der Waals surface area contributed by atoms with Gasteiger partial charge >= 0.3 is 0 Å². The highest BCUT2D eigenvalue weighted by molar-refractivity contribution is 5.44. The third-order valence-electron chi connectivity index (χ3n) is 10.5. The van der Waals surface area contributed by atoms with Crippen molar-refractivity contribution in [3.8, 4) is 0 Å². The largest absolute Gasteiger partial charge is 0.328 e. The minimum absolute atomic E-state index is 0.250. The SMILES string of the molecule is Cc1cc(C)c(C[C@@H](C)N)c(C)c1.Cc1cc(C)c(C[C@H](C)N)c(C)c1.Cc1cc(C)c([C@@H]2N[C@H]2C)c(C)c1.Cc1cc(C)c([C@H]2N[C@@H]2C)c(C)c1. The van der Waals surface area contributed by atoms with Crippen LogP contribution in [-0.4, -0.2) is 24.2 Å². The Morgan fingerprint density at radius 3 is 0.788 bits per heavy atom. The summed E-state index contributed by atoms with van der Waals surface area (Å²) in [6, 6.07) is 21.1. The van der Waals surface area contributed by atoms with Gasteiger partial charge in [0.2, 0.25) is 0 Å². The molecule has 0 radical (unpaired) electrons. The molecule has 0 unspecified atom stereocenters. The molecule has 2 aliphatic rings. The molecule has 2 fully saturated rings. The number of aryl methyl sites for hydroxylation is 12. The first-order valence-corrected chi connectivity index (χ1v) is 19.5. The summed E-state index contributed by atoms with van der Waals surface area (Å²) in [5.74, 6) is 0. The van der Waals surface area contributed by atoms with E-state index in [0.29, 0.717) is 24.2 Å². The topological polar surface area (TPSA) is 95.9 Å². The average molecular weight is 705 g/mol. The lowest BCUT2D eigenvalue weighted by molar-refractivity contribution is 0.731. The van der Waals surface area contributed by atoms with Crippen molar-refractivity contribution in [3.05, 3.63) is 138 Å². The van der Waals surface area contributed by atoms with Gasteiger partial charge in [0.1, 0.15) is 0 Å². The van der Waals surface area contributed by atoms with Crippen LogP contribution in [-0.2, 0) is 12.8 Å². The lowest BCUT2D eigenvalue weighted by atomic mass is 9.95. The van der Waals surface area contributed by atoms with Gasteiger partial charge < -0.3 is 22.1 Å². The van der Waals surface area contributed by atoms with Crippen molar-refractivity contribution >= 4 is 0 Å². The molecule has 0 spiro atoms. The summed E-state index contributed by atoms with van der Waals surface area (Å²) in [6.45, 7) is 34.7. The summed E-state index contributed by atoms with van der Waals surface area (Å²) in [4.78, 5) is 0. The van der Waals surface area contributed by atoms with E-state index in [1.165, 1.54) is 89.0 Å². The molecule has 4 nitrogen and oxygen atoms in total. The van der Waals surface area contributed by atoms with Gasteiger partial charge in [0.15, 0.2) is 0 Å². The highest BCUT2D eigenvalue weighted by Gasteiger charge is 2.35. The van der Waals surface area contributed by atoms with Gasteiger partial charge in [-0.1, -0.05) is 70.8 Å². The molecule has 284 valence electrons. The van der Waals surface area contributed by atoms with E-state index in [9.17, 15) is 0 Å². The van der Waals surface area contributed by atoms with Crippen LogP contribution in [0.15, 0.2) is 48.5 Å². The van der Waals surface area contributed by atoms with Gasteiger partial charge in [0.25, 0.3) is 0 Å². The van der Waals surface area contributed by atoms with Crippen molar-refractivity contribution in [1.82, 2.24) is 10.6 Å². The molecule has 0 aliphatic carbocycles. The zero-order valence-electron chi connectivity index (χ0n) is 35.7. The van der Waals surface area contributed by atoms with Gasteiger partial charge in [0, 0.05) is 36.3 Å². The Hall–Kier alpha value is -3.28. The summed E-state index contributed by atoms with van der Waals surface area (Å²) in [6.07, 6.45) is 1.97. The standard InChI is InChI=1S/2C12H17N.2C12H19N/c2*1-7-5-8(2)11(9(3)6-7)12-10(4)13-12;2*1-8-5-9(2)12(7-11(4)13)10(3)6-8/h2*5-6,10,12-13H,1-4H3;2*5-6,11H,7,13H2,1-4H3/t2*10-,12+;2*11-/m1010/s1. The fourth-order valence-electron chi connectivity index (χ4n) is 8.19. The first-order chi connectivity index (χ1) is 24.2. The number of benzene rings is 4. The number of nitrogens with one attached hydrogen (secondary N) is 2. The van der Waals surface area contributed by atoms with Gasteiger partial charge in [-0.3, -0.25) is 0 Å². The van der Waals surface area contributed by atoms with Crippen LogP contribution in [0.5, 0.6) is 0 Å². The molecule has 2 heterocycles. The van der Waals surface area contributed by atoms with Crippen molar-refractivity contribution < 1.29 is 0 Å². The van der Waals surface area contributed by atoms with Crippen LogP contribution in [0.3, 0.4) is 0 Å². The van der Waals surface area contributed by atoms with Gasteiger partial charge in [-0.25, -0.2) is 0 Å². The summed E-state index contributed by atoms with van der Waals surface area (Å²) >= 11 is 0. The number of nitrogens with two attached hydrogens (primary N) is 2. The quantitative estimate of drug-likeness (QED) is 0.150. The Morgan fingerprint density at radius 2 is 0.615 bits per heavy atom. The second kappa shape index (κ2) is 18.7. The fraction of sp³-hybridized carbons (Fsp3) is 0.500. The Morgan fingerprint density at radius 1 is 0.423 bits per heavy atom. The summed E-state index contributed by atoms with van der Waals surface area (Å²) in [5, 5.41) is 6.90. The second-order valence-corrected chi connectivity index (χ2v) is 16.6. The van der Waals surface area contributed by atoms with Crippen molar-refractivity contribution in [2.75, 3.05) is 0 Å². The summed E-state index contributed by atoms with van der Waals surface area (Å²) < 4.78 is 0. The minimum Gasteiger partial charge on any atom is -0.328 e. The Labute approximate surface area is 318 Å². The van der Waals surface area contributed by atoms with Crippen molar-refractivity contribution in [2.24, 2.45) is 11.5 Å². The summed E-state index contributed by atoms with van der Waals surface area (Å²) in [7, 11) is 0. The molecule has 4 heteroatoms. The smallest absolute Gasteiger partial charge is 0.0481 e. The highest BCUT2D eigenvalue weighted by Crippen LogP contribution is 2.35. The second-order valence-electron chi connectivity index (χ2n) is 16.6. The van der Waals surface area contributed by atoms with Crippen LogP contribution >= 0.6 is 0 Å². The molecule has 0 bridgehead atoms. The number of hydrogen-bond acceptors (Lipinski definition) is 4. The maximum Gasteiger partial charge on any atom is 0.0481 e. The molecule has 4 aromatic rings. The first kappa shape index (κ1) is 43.1. The average Bonchev–Trinajstić information content (AvgIpc) is 3.90. The Bertz CT molecular complexity index is 1590. The minimum atomic E-state index is 0.250. The molecule has 0 amide bonds. The Kier molecular flexibility index (Phi) is 15.5. The molecular formula is C48H72N4. The molecule has 0 saturated carbocycles. The molecule has 2 saturated heterocycles. The third-order valence-corrected chi connectivity index (χ3v) is 10.5. The van der Waals surface area contributed by atoms with Crippen LogP contribution in [0.25, 0.3) is 0 Å². The van der Waals surface area contributed by atoms with E-state index in [-0.39, 0.29) is 12.1 Å². The van der Waals surface area contributed by atoms with E-state index in [1.54, 1.807) is 0 Å². The van der Waals surface area contributed by atoms with E-state index in [0.717, 1.165) is 12.8 Å². The third kappa shape index (κ3) is 12.4. The van der Waals surface area contributed by atoms with Gasteiger partial charge in [-0.15, -0.1) is 0 Å². The van der Waals surface area contributed by atoms with Crippen molar-refractivity contribution in [1.29, 1.82) is 0 Å². The summed E-state index contributed by atoms with van der Waals surface area (Å²) in [5.41, 5.74) is 34.1. The first-order valence-electron chi connectivity index (χ1n) is 19.5. The van der Waals surface area contributed by atoms with E-state index < -0.39 is 0 Å². The Balaban J connectivity index is 0.000000187. The molecule has 6 rings (SSSR count). The molecule has 0 aromatic heterocycles. The van der Waals surface area contributed by atoms with Gasteiger partial charge in [0.05, 0.1) is 0 Å². The molecular weight excluding hydrogens is 633 g/mol. The molecule has 52 heavy (non-hydrogen) atoms. The maximum absolute atomic E-state index is 5.80. The van der Waals surface area contributed by atoms with Crippen LogP contribution in [0.2, 0.25) is 0 Å². The van der Waals surface area contributed by atoms with Gasteiger partial charge in [-0.05, 0) is 190 Å².